The van der Waals surface area contributed by atoms with Crippen LogP contribution in [-0.2, 0) is 9.59 Å². The molecule has 0 aliphatic carbocycles. The van der Waals surface area contributed by atoms with Gasteiger partial charge in [-0.2, -0.15) is 0 Å². The number of fused-ring (bicyclic) bond motifs is 2. The molecule has 2 saturated heterocycles. The Kier molecular flexibility index (Phi) is 3.96. The van der Waals surface area contributed by atoms with Gasteiger partial charge in [0.25, 0.3) is 0 Å². The van der Waals surface area contributed by atoms with E-state index in [0.29, 0.717) is 0 Å². The molecule has 2 aliphatic heterocycles. The monoisotopic (exact) mass is 266 g/mol. The van der Waals surface area contributed by atoms with Crippen molar-refractivity contribution in [1.82, 2.24) is 9.88 Å². The number of hydrogen-bond acceptors (Lipinski definition) is 5. The minimum absolute atomic E-state index is 0.782. The minimum atomic E-state index is -1.82. The lowest BCUT2D eigenvalue weighted by molar-refractivity contribution is -0.159. The molecule has 102 valence electrons. The van der Waals surface area contributed by atoms with Crippen molar-refractivity contribution < 1.29 is 24.2 Å². The average molecular weight is 266 g/mol. The fourth-order valence-electron chi connectivity index (χ4n) is 2.31. The number of aliphatic carboxylic acids is 2. The lowest BCUT2D eigenvalue weighted by atomic mass is 9.99. The molecule has 2 atom stereocenters. The van der Waals surface area contributed by atoms with Crippen molar-refractivity contribution in [2.75, 3.05) is 19.6 Å². The second-order valence-electron chi connectivity index (χ2n) is 4.45. The summed E-state index contributed by atoms with van der Waals surface area (Å²) in [6.07, 6.45) is 6.73. The van der Waals surface area contributed by atoms with Crippen molar-refractivity contribution in [2.45, 2.75) is 6.42 Å². The normalized spacial score (nSPS) is 26.0. The highest BCUT2D eigenvalue weighted by atomic mass is 16.4. The van der Waals surface area contributed by atoms with E-state index in [1.165, 1.54) is 31.5 Å². The SMILES string of the molecule is C(=C1CN2CCC1C2)c1cnco1.O=C(O)C(=O)O. The Morgan fingerprint density at radius 1 is 1.42 bits per heavy atom. The van der Waals surface area contributed by atoms with Gasteiger partial charge in [-0.1, -0.05) is 0 Å². The van der Waals surface area contributed by atoms with Crippen LogP contribution < -0.4 is 0 Å². The fraction of sp³-hybridized carbons (Fsp3) is 0.417. The van der Waals surface area contributed by atoms with Crippen molar-refractivity contribution in [2.24, 2.45) is 5.92 Å². The predicted molar refractivity (Wildman–Crippen MR) is 64.3 cm³/mol. The van der Waals surface area contributed by atoms with E-state index >= 15 is 0 Å². The molecule has 7 nitrogen and oxygen atoms in total. The zero-order chi connectivity index (χ0) is 13.8. The van der Waals surface area contributed by atoms with Crippen molar-refractivity contribution in [3.05, 3.63) is 23.9 Å². The van der Waals surface area contributed by atoms with Gasteiger partial charge in [0, 0.05) is 13.1 Å². The number of carboxylic acids is 2. The van der Waals surface area contributed by atoms with E-state index in [9.17, 15) is 0 Å². The van der Waals surface area contributed by atoms with E-state index in [1.54, 1.807) is 6.20 Å². The summed E-state index contributed by atoms with van der Waals surface area (Å²) in [6.45, 7) is 3.66. The van der Waals surface area contributed by atoms with Gasteiger partial charge in [-0.3, -0.25) is 4.90 Å². The van der Waals surface area contributed by atoms with Gasteiger partial charge in [0.05, 0.1) is 6.20 Å². The summed E-state index contributed by atoms with van der Waals surface area (Å²) >= 11 is 0. The lowest BCUT2D eigenvalue weighted by Gasteiger charge is -2.13. The largest absolute Gasteiger partial charge is 0.473 e. The van der Waals surface area contributed by atoms with Crippen molar-refractivity contribution >= 4 is 18.0 Å². The number of piperidine rings is 1. The van der Waals surface area contributed by atoms with Gasteiger partial charge in [0.15, 0.2) is 6.39 Å². The first-order valence-electron chi connectivity index (χ1n) is 5.84. The molecule has 2 bridgehead atoms. The number of nitrogens with zero attached hydrogens (tertiary/aromatic N) is 2. The van der Waals surface area contributed by atoms with E-state index in [2.05, 4.69) is 16.0 Å². The van der Waals surface area contributed by atoms with Crippen LogP contribution in [0.4, 0.5) is 0 Å². The maximum absolute atomic E-state index is 9.10. The van der Waals surface area contributed by atoms with Gasteiger partial charge < -0.3 is 14.6 Å². The molecule has 1 aromatic heterocycles. The van der Waals surface area contributed by atoms with E-state index in [-0.39, 0.29) is 0 Å². The second kappa shape index (κ2) is 5.66. The molecule has 0 radical (unpaired) electrons. The Hall–Kier alpha value is -2.15. The quantitative estimate of drug-likeness (QED) is 0.715. The van der Waals surface area contributed by atoms with Crippen LogP contribution in [0.15, 0.2) is 22.6 Å². The summed E-state index contributed by atoms with van der Waals surface area (Å²) in [7, 11) is 0. The van der Waals surface area contributed by atoms with E-state index in [0.717, 1.165) is 18.2 Å². The van der Waals surface area contributed by atoms with E-state index < -0.39 is 11.9 Å². The summed E-state index contributed by atoms with van der Waals surface area (Å²) in [5, 5.41) is 14.8. The molecule has 3 heterocycles. The number of oxazole rings is 1. The third-order valence-electron chi connectivity index (χ3n) is 3.16. The highest BCUT2D eigenvalue weighted by Crippen LogP contribution is 2.33. The van der Waals surface area contributed by atoms with Crippen molar-refractivity contribution in [3.63, 3.8) is 0 Å². The molecule has 19 heavy (non-hydrogen) atoms. The van der Waals surface area contributed by atoms with Crippen LogP contribution in [0.2, 0.25) is 0 Å². The van der Waals surface area contributed by atoms with E-state index in [1.807, 2.05) is 0 Å². The molecular formula is C12H14N2O5. The van der Waals surface area contributed by atoms with Crippen LogP contribution in [0.3, 0.4) is 0 Å². The van der Waals surface area contributed by atoms with Gasteiger partial charge in [-0.05, 0) is 30.5 Å². The molecule has 2 unspecified atom stereocenters. The predicted octanol–water partition coefficient (Wildman–Crippen LogP) is 0.549. The van der Waals surface area contributed by atoms with Crippen LogP contribution in [-0.4, -0.2) is 51.7 Å². The molecule has 0 amide bonds. The molecule has 3 rings (SSSR count). The Balaban J connectivity index is 0.000000192. The second-order valence-corrected chi connectivity index (χ2v) is 4.45. The Labute approximate surface area is 109 Å². The number of carboxylic acid groups (broad SMARTS) is 2. The Bertz CT molecular complexity index is 482. The molecule has 2 aliphatic rings. The summed E-state index contributed by atoms with van der Waals surface area (Å²) in [4.78, 5) is 24.6. The zero-order valence-corrected chi connectivity index (χ0v) is 10.2. The highest BCUT2D eigenvalue weighted by molar-refractivity contribution is 6.27. The zero-order valence-electron chi connectivity index (χ0n) is 10.2. The van der Waals surface area contributed by atoms with Crippen LogP contribution in [0.1, 0.15) is 12.2 Å². The smallest absolute Gasteiger partial charge is 0.414 e. The van der Waals surface area contributed by atoms with Gasteiger partial charge in [0.2, 0.25) is 0 Å². The van der Waals surface area contributed by atoms with Gasteiger partial charge >= 0.3 is 11.9 Å². The standard InChI is InChI=1S/C10H12N2O.C2H2O4/c1-2-12-5-8(1)9(6-12)3-10-4-11-7-13-10;3-1(4)2(5)6/h3-4,7-8H,1-2,5-6H2;(H,3,4)(H,5,6). The Morgan fingerprint density at radius 2 is 2.16 bits per heavy atom. The fourth-order valence-corrected chi connectivity index (χ4v) is 2.31. The lowest BCUT2D eigenvalue weighted by Crippen LogP contribution is -2.17. The average Bonchev–Trinajstić information content (AvgIpc) is 3.06. The topological polar surface area (TPSA) is 104 Å². The van der Waals surface area contributed by atoms with Crippen molar-refractivity contribution in [1.29, 1.82) is 0 Å². The van der Waals surface area contributed by atoms with E-state index in [4.69, 9.17) is 24.2 Å². The third-order valence-corrected chi connectivity index (χ3v) is 3.16. The molecular weight excluding hydrogens is 252 g/mol. The van der Waals surface area contributed by atoms with Crippen LogP contribution in [0, 0.1) is 5.92 Å². The first-order chi connectivity index (χ1) is 9.06. The molecule has 2 fully saturated rings. The maximum Gasteiger partial charge on any atom is 0.414 e. The van der Waals surface area contributed by atoms with Crippen LogP contribution >= 0.6 is 0 Å². The molecule has 0 spiro atoms. The molecule has 2 N–H and O–H groups in total. The van der Waals surface area contributed by atoms with Gasteiger partial charge in [-0.15, -0.1) is 0 Å². The highest BCUT2D eigenvalue weighted by Gasteiger charge is 2.33. The van der Waals surface area contributed by atoms with Crippen LogP contribution in [0.5, 0.6) is 0 Å². The van der Waals surface area contributed by atoms with Crippen molar-refractivity contribution in [3.8, 4) is 0 Å². The summed E-state index contributed by atoms with van der Waals surface area (Å²) in [5.41, 5.74) is 1.52. The Morgan fingerprint density at radius 3 is 2.58 bits per heavy atom. The number of carbonyl (C=O) groups is 2. The van der Waals surface area contributed by atoms with Gasteiger partial charge in [0.1, 0.15) is 5.76 Å². The third kappa shape index (κ3) is 3.41. The molecule has 0 aromatic carbocycles. The number of aromatic nitrogens is 1. The maximum atomic E-state index is 9.10. The first-order valence-corrected chi connectivity index (χ1v) is 5.84. The number of rotatable bonds is 1. The molecule has 1 aromatic rings. The summed E-state index contributed by atoms with van der Waals surface area (Å²) < 4.78 is 5.20. The molecule has 0 saturated carbocycles. The molecule has 7 heteroatoms. The first kappa shape index (κ1) is 13.3. The minimum Gasteiger partial charge on any atom is -0.473 e. The summed E-state index contributed by atoms with van der Waals surface area (Å²) in [5.74, 6) is -1.97. The van der Waals surface area contributed by atoms with Crippen LogP contribution in [0.25, 0.3) is 6.08 Å². The van der Waals surface area contributed by atoms with Gasteiger partial charge in [-0.25, -0.2) is 14.6 Å². The number of hydrogen-bond donors (Lipinski definition) is 2. The summed E-state index contributed by atoms with van der Waals surface area (Å²) in [6, 6.07) is 0.